The van der Waals surface area contributed by atoms with Gasteiger partial charge in [0.15, 0.2) is 35.6 Å². The van der Waals surface area contributed by atoms with Crippen molar-refractivity contribution in [3.63, 3.8) is 0 Å². The molecular weight excluding hydrogens is 768 g/mol. The van der Waals surface area contributed by atoms with Crippen molar-refractivity contribution in [1.29, 1.82) is 0 Å². The van der Waals surface area contributed by atoms with Crippen LogP contribution in [0, 0.1) is 0 Å². The van der Waals surface area contributed by atoms with Gasteiger partial charge >= 0.3 is 11.9 Å². The molecule has 0 aromatic heterocycles. The first-order chi connectivity index (χ1) is 27.0. The van der Waals surface area contributed by atoms with Crippen LogP contribution < -0.4 is 0 Å². The number of aliphatic hydroxyl groups is 8. The average molecular weight is 815 g/mol. The Balaban J connectivity index is 1.35. The lowest BCUT2D eigenvalue weighted by Gasteiger charge is -2.48. The van der Waals surface area contributed by atoms with Crippen LogP contribution in [0.3, 0.4) is 0 Å². The molecule has 0 unspecified atom stereocenters. The number of hydrogen-bond donors (Lipinski definition) is 12. The summed E-state index contributed by atoms with van der Waals surface area (Å²) in [6, 6.07) is 7.61. The highest BCUT2D eigenvalue weighted by Crippen LogP contribution is 2.34. The molecule has 12 N–H and O–H groups in total. The lowest BCUT2D eigenvalue weighted by atomic mass is 9.96. The molecule has 57 heavy (non-hydrogen) atoms. The summed E-state index contributed by atoms with van der Waals surface area (Å²) < 4.78 is 38.9. The topological polar surface area (TPSA) is 342 Å². The number of phenolic OH excluding ortho intramolecular Hbond substituents is 4. The quantitative estimate of drug-likeness (QED) is 0.0536. The summed E-state index contributed by atoms with van der Waals surface area (Å²) in [5.74, 6) is -3.59. The zero-order valence-electron chi connectivity index (χ0n) is 30.1. The van der Waals surface area contributed by atoms with Gasteiger partial charge in [0.25, 0.3) is 0 Å². The summed E-state index contributed by atoms with van der Waals surface area (Å²) in [7, 11) is 0. The van der Waals surface area contributed by atoms with Gasteiger partial charge in [0.2, 0.25) is 6.29 Å². The molecule has 0 amide bonds. The average Bonchev–Trinajstić information content (AvgIpc) is 3.18. The molecule has 21 heteroatoms. The minimum absolute atomic E-state index is 0.00475. The monoisotopic (exact) mass is 814 g/mol. The van der Waals surface area contributed by atoms with Gasteiger partial charge in [-0.2, -0.15) is 0 Å². The third-order valence-corrected chi connectivity index (χ3v) is 9.56. The van der Waals surface area contributed by atoms with E-state index in [4.69, 9.17) is 33.2 Å². The molecule has 5 rings (SSSR count). The van der Waals surface area contributed by atoms with Crippen molar-refractivity contribution >= 4 is 18.0 Å². The SMILES string of the molecule is C[C@@H]1O[C@@H](O[C@@H]2[C@@H](O)[C@H](OC(=O)CCc3ccc(O)c(O)c3)O[C@H](COC(=O)C=Cc3ccc(O)c(O)c3)[C@H]2O)[C@H](O[C@@H]2O[C@H](CO)[C@@H](O)[C@H](O)[C@H]2O)[C@H](O)[C@H]1O. The second-order valence-corrected chi connectivity index (χ2v) is 13.6. The van der Waals surface area contributed by atoms with Gasteiger partial charge in [-0.25, -0.2) is 4.79 Å². The number of aromatic hydroxyl groups is 4. The number of ether oxygens (including phenoxy) is 7. The van der Waals surface area contributed by atoms with Crippen molar-refractivity contribution in [2.75, 3.05) is 13.2 Å². The Morgan fingerprint density at radius 3 is 1.98 bits per heavy atom. The van der Waals surface area contributed by atoms with E-state index in [-0.39, 0.29) is 18.6 Å². The Labute approximate surface area is 323 Å². The first kappa shape index (κ1) is 43.9. The lowest BCUT2D eigenvalue weighted by molar-refractivity contribution is -0.385. The second kappa shape index (κ2) is 19.0. The third kappa shape index (κ3) is 10.5. The van der Waals surface area contributed by atoms with Crippen LogP contribution in [0.15, 0.2) is 42.5 Å². The fraction of sp³-hybridized carbons (Fsp3) is 0.556. The maximum atomic E-state index is 13.0. The Kier molecular flexibility index (Phi) is 14.7. The highest BCUT2D eigenvalue weighted by atomic mass is 16.8. The molecule has 0 spiro atoms. The predicted octanol–water partition coefficient (Wildman–Crippen LogP) is -3.27. The van der Waals surface area contributed by atoms with Crippen molar-refractivity contribution in [1.82, 2.24) is 0 Å². The molecule has 2 aromatic carbocycles. The van der Waals surface area contributed by atoms with E-state index in [0.29, 0.717) is 11.1 Å². The molecule has 0 aliphatic carbocycles. The highest BCUT2D eigenvalue weighted by molar-refractivity contribution is 5.87. The van der Waals surface area contributed by atoms with E-state index in [1.54, 1.807) is 0 Å². The normalized spacial score (nSPS) is 35.8. The molecule has 21 nitrogen and oxygen atoms in total. The number of phenols is 4. The zero-order chi connectivity index (χ0) is 41.7. The van der Waals surface area contributed by atoms with E-state index in [1.807, 2.05) is 0 Å². The van der Waals surface area contributed by atoms with Crippen molar-refractivity contribution in [3.05, 3.63) is 53.6 Å². The van der Waals surface area contributed by atoms with Gasteiger partial charge in [0.1, 0.15) is 73.8 Å². The van der Waals surface area contributed by atoms with E-state index in [9.17, 15) is 70.9 Å². The minimum Gasteiger partial charge on any atom is -0.504 e. The van der Waals surface area contributed by atoms with Crippen molar-refractivity contribution in [2.45, 2.75) is 112 Å². The molecule has 2 aromatic rings. The molecule has 0 radical (unpaired) electrons. The second-order valence-electron chi connectivity index (χ2n) is 13.6. The fourth-order valence-electron chi connectivity index (χ4n) is 6.22. The molecule has 15 atom stereocenters. The van der Waals surface area contributed by atoms with Crippen molar-refractivity contribution in [2.24, 2.45) is 0 Å². The molecule has 316 valence electrons. The first-order valence-electron chi connectivity index (χ1n) is 17.7. The third-order valence-electron chi connectivity index (χ3n) is 9.56. The van der Waals surface area contributed by atoms with E-state index < -0.39 is 135 Å². The van der Waals surface area contributed by atoms with Crippen LogP contribution in [0.2, 0.25) is 0 Å². The standard InChI is InChI=1S/C36H46O21/c1-14-25(44)29(48)33(57-34-30(49)28(47)26(45)21(12-37)53-34)36(52-14)56-32-27(46)22(13-51-23(42)8-4-15-2-6-17(38)19(40)10-15)54-35(31(32)50)55-24(43)9-5-16-3-7-18(39)20(41)11-16/h2-4,6-8,10-11,14,21-22,25-41,44-50H,5,9,12-13H2,1H3/t14-,21+,22+,25-,26+,27+,28-,29+,30+,31+,32-,33+,34-,35-,36-/m0/s1. The maximum Gasteiger partial charge on any atom is 0.330 e. The van der Waals surface area contributed by atoms with Gasteiger partial charge in [0.05, 0.1) is 12.7 Å². The van der Waals surface area contributed by atoms with Crippen LogP contribution in [0.1, 0.15) is 24.5 Å². The lowest BCUT2D eigenvalue weighted by Crippen LogP contribution is -2.66. The van der Waals surface area contributed by atoms with Gasteiger partial charge in [-0.05, 0) is 54.8 Å². The van der Waals surface area contributed by atoms with Crippen molar-refractivity contribution < 1.29 is 104 Å². The molecular formula is C36H46O21. The number of aryl methyl sites for hydroxylation is 1. The summed E-state index contributed by atoms with van der Waals surface area (Å²) >= 11 is 0. The van der Waals surface area contributed by atoms with Crippen LogP contribution >= 0.6 is 0 Å². The fourth-order valence-corrected chi connectivity index (χ4v) is 6.22. The van der Waals surface area contributed by atoms with Crippen LogP contribution in [0.5, 0.6) is 23.0 Å². The smallest absolute Gasteiger partial charge is 0.330 e. The largest absolute Gasteiger partial charge is 0.504 e. The summed E-state index contributed by atoms with van der Waals surface area (Å²) in [5.41, 5.74) is 0.732. The van der Waals surface area contributed by atoms with Gasteiger partial charge in [-0.3, -0.25) is 4.79 Å². The molecule has 0 bridgehead atoms. The number of carbonyl (C=O) groups is 2. The van der Waals surface area contributed by atoms with Crippen molar-refractivity contribution in [3.8, 4) is 23.0 Å². The van der Waals surface area contributed by atoms with Crippen LogP contribution in [-0.2, 0) is 49.2 Å². The molecule has 3 aliphatic heterocycles. The van der Waals surface area contributed by atoms with Gasteiger partial charge in [0, 0.05) is 12.5 Å². The predicted molar refractivity (Wildman–Crippen MR) is 184 cm³/mol. The number of esters is 2. The zero-order valence-corrected chi connectivity index (χ0v) is 30.1. The van der Waals surface area contributed by atoms with Crippen LogP contribution in [0.25, 0.3) is 6.08 Å². The summed E-state index contributed by atoms with van der Waals surface area (Å²) in [5, 5.41) is 124. The molecule has 3 saturated heterocycles. The number of benzene rings is 2. The molecule has 3 aliphatic rings. The summed E-state index contributed by atoms with van der Waals surface area (Å²) in [6.45, 7) is -0.236. The number of rotatable bonds is 13. The highest BCUT2D eigenvalue weighted by Gasteiger charge is 2.54. The van der Waals surface area contributed by atoms with Crippen LogP contribution in [0.4, 0.5) is 0 Å². The van der Waals surface area contributed by atoms with Gasteiger partial charge in [-0.15, -0.1) is 0 Å². The molecule has 3 heterocycles. The van der Waals surface area contributed by atoms with E-state index >= 15 is 0 Å². The summed E-state index contributed by atoms with van der Waals surface area (Å²) in [4.78, 5) is 25.6. The first-order valence-corrected chi connectivity index (χ1v) is 17.7. The van der Waals surface area contributed by atoms with E-state index in [1.165, 1.54) is 49.4 Å². The Bertz CT molecular complexity index is 1700. The number of aliphatic hydroxyl groups excluding tert-OH is 8. The Hall–Kier alpha value is -4.20. The Morgan fingerprint density at radius 2 is 1.32 bits per heavy atom. The van der Waals surface area contributed by atoms with E-state index in [0.717, 1.165) is 6.08 Å². The maximum absolute atomic E-state index is 13.0. The molecule has 3 fully saturated rings. The number of hydrogen-bond acceptors (Lipinski definition) is 21. The van der Waals surface area contributed by atoms with Gasteiger partial charge < -0.3 is 94.4 Å². The molecule has 0 saturated carbocycles. The number of carbonyl (C=O) groups excluding carboxylic acids is 2. The Morgan fingerprint density at radius 1 is 0.667 bits per heavy atom. The summed E-state index contributed by atoms with van der Waals surface area (Å²) in [6.07, 6.45) is -24.8. The van der Waals surface area contributed by atoms with Crippen LogP contribution in [-0.4, -0.2) is 179 Å². The van der Waals surface area contributed by atoms with E-state index in [2.05, 4.69) is 0 Å². The van der Waals surface area contributed by atoms with Gasteiger partial charge in [-0.1, -0.05) is 12.1 Å². The minimum atomic E-state index is -2.04.